The van der Waals surface area contributed by atoms with Crippen LogP contribution in [0.1, 0.15) is 0 Å². The van der Waals surface area contributed by atoms with Crippen LogP contribution in [0.15, 0.2) is 0 Å². The van der Waals surface area contributed by atoms with Crippen LogP contribution in [0.4, 0.5) is 0 Å². The summed E-state index contributed by atoms with van der Waals surface area (Å²) < 4.78 is 0. The van der Waals surface area contributed by atoms with Crippen molar-refractivity contribution in [1.29, 1.82) is 0 Å². The zero-order valence-electron chi connectivity index (χ0n) is 14.0. The van der Waals surface area contributed by atoms with Crippen molar-refractivity contribution in [3.63, 3.8) is 0 Å². The largest absolute Gasteiger partial charge is 1.00 e. The Bertz CT molecular complexity index is 329. The number of hydrogen-bond donors (Lipinski definition) is 2. The number of aliphatic carboxylic acids is 4. The first-order valence-electron chi connectivity index (χ1n) is 5.48. The summed E-state index contributed by atoms with van der Waals surface area (Å²) in [6.45, 7) is -2.75. The zero-order valence-corrected chi connectivity index (χ0v) is 18.0. The third kappa shape index (κ3) is 26.0. The van der Waals surface area contributed by atoms with E-state index in [-0.39, 0.29) is 88.6 Å². The first-order chi connectivity index (χ1) is 9.20. The van der Waals surface area contributed by atoms with E-state index in [0.717, 1.165) is 9.80 Å². The summed E-state index contributed by atoms with van der Waals surface area (Å²) in [5, 5.41) is 38.0. The Morgan fingerprint density at radius 1 is 0.640 bits per heavy atom. The molecule has 0 aliphatic rings. The molecule has 138 valence electrons. The Hall–Kier alpha value is -0.320. The maximum atomic E-state index is 10.5. The number of hydrogen-bond acceptors (Lipinski definition) is 8. The van der Waals surface area contributed by atoms with E-state index in [1.807, 2.05) is 0 Å². The fourth-order valence-corrected chi connectivity index (χ4v) is 1.46. The maximum Gasteiger partial charge on any atom is 1.00 e. The second-order valence-corrected chi connectivity index (χ2v) is 3.95. The van der Waals surface area contributed by atoms with Crippen molar-refractivity contribution in [1.82, 2.24) is 9.80 Å². The minimum atomic E-state index is -1.49. The first-order valence-corrected chi connectivity index (χ1v) is 5.48. The number of carbonyl (C=O) groups is 4. The Labute approximate surface area is 187 Å². The second kappa shape index (κ2) is 21.7. The Morgan fingerprint density at radius 2 is 0.880 bits per heavy atom. The van der Waals surface area contributed by atoms with Gasteiger partial charge in [0, 0.05) is 26.2 Å². The molecule has 0 amide bonds. The van der Waals surface area contributed by atoms with Crippen molar-refractivity contribution < 1.29 is 115 Å². The summed E-state index contributed by atoms with van der Waals surface area (Å²) in [6, 6.07) is 0. The molecule has 8 N–H and O–H groups in total. The molecule has 0 heterocycles. The van der Waals surface area contributed by atoms with Gasteiger partial charge >= 0.3 is 71.1 Å². The van der Waals surface area contributed by atoms with Crippen LogP contribution in [0.2, 0.25) is 0 Å². The monoisotopic (exact) mass is 390 g/mol. The van der Waals surface area contributed by atoms with E-state index < -0.39 is 50.1 Å². The van der Waals surface area contributed by atoms with Crippen LogP contribution in [-0.2, 0) is 19.2 Å². The van der Waals surface area contributed by atoms with Crippen LogP contribution >= 0.6 is 0 Å². The van der Waals surface area contributed by atoms with Crippen LogP contribution in [-0.4, -0.2) is 99.6 Å². The minimum absolute atomic E-state index is 0. The molecule has 0 radical (unpaired) electrons. The molecule has 15 heteroatoms. The molecule has 0 atom stereocenters. The summed E-state index contributed by atoms with van der Waals surface area (Å²) in [5.41, 5.74) is 0. The van der Waals surface area contributed by atoms with E-state index >= 15 is 0 Å². The molecule has 0 aromatic heterocycles. The predicted octanol–water partition coefficient (Wildman–Crippen LogP) is -13.2. The molecule has 0 aliphatic carbocycles. The average Bonchev–Trinajstić information content (AvgIpc) is 2.22. The number of carbonyl (C=O) groups excluding carboxylic acids is 2. The van der Waals surface area contributed by atoms with E-state index in [0.29, 0.717) is 0 Å². The van der Waals surface area contributed by atoms with E-state index in [9.17, 15) is 29.4 Å². The Kier molecular flexibility index (Phi) is 34.5. The number of rotatable bonds is 11. The normalized spacial score (nSPS) is 8.56. The van der Waals surface area contributed by atoms with Gasteiger partial charge < -0.3 is 46.4 Å². The van der Waals surface area contributed by atoms with Crippen LogP contribution in [0.25, 0.3) is 0 Å². The number of nitrogens with zero attached hydrogens (tertiary/aromatic N) is 2. The smallest absolute Gasteiger partial charge is 0.549 e. The first kappa shape index (κ1) is 39.7. The fourth-order valence-electron chi connectivity index (χ4n) is 1.46. The molecular formula is C10H20N2Na2O11. The molecule has 0 fully saturated rings. The predicted molar refractivity (Wildman–Crippen MR) is 69.0 cm³/mol. The standard InChI is InChI=1S/C10H16N2O8.2Na.3H2O/c13-7(14)3-11(4-8(15)16)1-2-12(5-9(17)18)6-10(19)20;;;;;/h1-6H2,(H,13,14)(H,15,16)(H,17,18)(H,19,20);;;3*1H2/q;2*+1;;;/p-2. The molecule has 13 nitrogen and oxygen atoms in total. The molecule has 0 rings (SSSR count). The van der Waals surface area contributed by atoms with Gasteiger partial charge in [0.2, 0.25) is 0 Å². The van der Waals surface area contributed by atoms with Gasteiger partial charge in [-0.2, -0.15) is 0 Å². The van der Waals surface area contributed by atoms with Crippen LogP contribution in [0.3, 0.4) is 0 Å². The van der Waals surface area contributed by atoms with Gasteiger partial charge in [0.15, 0.2) is 0 Å². The van der Waals surface area contributed by atoms with Gasteiger partial charge in [-0.1, -0.05) is 0 Å². The quantitative estimate of drug-likeness (QED) is 0.315. The molecule has 0 bridgehead atoms. The van der Waals surface area contributed by atoms with Gasteiger partial charge in [-0.15, -0.1) is 0 Å². The van der Waals surface area contributed by atoms with Gasteiger partial charge in [-0.25, -0.2) is 0 Å². The number of carboxylic acids is 4. The average molecular weight is 390 g/mol. The second-order valence-electron chi connectivity index (χ2n) is 3.95. The third-order valence-electron chi connectivity index (χ3n) is 2.16. The van der Waals surface area contributed by atoms with Crippen molar-refractivity contribution in [2.45, 2.75) is 0 Å². The summed E-state index contributed by atoms with van der Waals surface area (Å²) in [5.74, 6) is -5.52. The van der Waals surface area contributed by atoms with Gasteiger partial charge in [0.05, 0.1) is 25.0 Å². The number of carboxylic acid groups (broad SMARTS) is 4. The van der Waals surface area contributed by atoms with Gasteiger partial charge in [-0.05, 0) is 0 Å². The van der Waals surface area contributed by atoms with Crippen LogP contribution in [0, 0.1) is 0 Å². The molecule has 25 heavy (non-hydrogen) atoms. The van der Waals surface area contributed by atoms with Crippen molar-refractivity contribution in [2.24, 2.45) is 0 Å². The van der Waals surface area contributed by atoms with E-state index in [1.54, 1.807) is 0 Å². The van der Waals surface area contributed by atoms with E-state index in [2.05, 4.69) is 0 Å². The molecule has 0 aliphatic heterocycles. The van der Waals surface area contributed by atoms with Crippen molar-refractivity contribution in [3.05, 3.63) is 0 Å². The Balaban J connectivity index is -0.000000180. The van der Waals surface area contributed by atoms with Gasteiger partial charge in [-0.3, -0.25) is 19.4 Å². The van der Waals surface area contributed by atoms with E-state index in [1.165, 1.54) is 0 Å². The third-order valence-corrected chi connectivity index (χ3v) is 2.16. The van der Waals surface area contributed by atoms with Crippen molar-refractivity contribution >= 4 is 23.9 Å². The molecule has 0 unspecified atom stereocenters. The molecule has 0 aromatic rings. The topological polar surface area (TPSA) is 256 Å². The molecule has 0 aromatic carbocycles. The fraction of sp³-hybridized carbons (Fsp3) is 0.600. The van der Waals surface area contributed by atoms with E-state index in [4.69, 9.17) is 10.2 Å². The summed E-state index contributed by atoms with van der Waals surface area (Å²) in [7, 11) is 0. The van der Waals surface area contributed by atoms with Crippen LogP contribution in [0.5, 0.6) is 0 Å². The maximum absolute atomic E-state index is 10.5. The molecule has 0 saturated heterocycles. The SMILES string of the molecule is O.O.O.O=C([O-])CN(CCN(CC(=O)[O-])CC(=O)O)CC(=O)O.[Na+].[Na+]. The van der Waals surface area contributed by atoms with Crippen molar-refractivity contribution in [2.75, 3.05) is 39.3 Å². The summed E-state index contributed by atoms with van der Waals surface area (Å²) in [6.07, 6.45) is 0. The molecular weight excluding hydrogens is 370 g/mol. The zero-order chi connectivity index (χ0) is 15.7. The van der Waals surface area contributed by atoms with Crippen molar-refractivity contribution in [3.8, 4) is 0 Å². The minimum Gasteiger partial charge on any atom is -0.549 e. The summed E-state index contributed by atoms with van der Waals surface area (Å²) in [4.78, 5) is 43.9. The summed E-state index contributed by atoms with van der Waals surface area (Å²) >= 11 is 0. The molecule has 0 saturated carbocycles. The Morgan fingerprint density at radius 3 is 1.04 bits per heavy atom. The van der Waals surface area contributed by atoms with Gasteiger partial charge in [0.25, 0.3) is 0 Å². The van der Waals surface area contributed by atoms with Crippen LogP contribution < -0.4 is 69.3 Å². The van der Waals surface area contributed by atoms with Gasteiger partial charge in [0.1, 0.15) is 0 Å². The molecule has 0 spiro atoms.